The van der Waals surface area contributed by atoms with E-state index in [9.17, 15) is 4.79 Å². The molecule has 4 nitrogen and oxygen atoms in total. The quantitative estimate of drug-likeness (QED) is 0.651. The lowest BCUT2D eigenvalue weighted by Crippen LogP contribution is -2.38. The Morgan fingerprint density at radius 3 is 2.46 bits per heavy atom. The van der Waals surface area contributed by atoms with Gasteiger partial charge in [-0.25, -0.2) is 0 Å². The van der Waals surface area contributed by atoms with Gasteiger partial charge in [-0.3, -0.25) is 4.79 Å². The summed E-state index contributed by atoms with van der Waals surface area (Å²) in [5.41, 5.74) is 2.46. The lowest BCUT2D eigenvalue weighted by Gasteiger charge is -2.17. The molecule has 0 aliphatic heterocycles. The zero-order chi connectivity index (χ0) is 18.8. The summed E-state index contributed by atoms with van der Waals surface area (Å²) in [5.74, 6) is 1.54. The Morgan fingerprint density at radius 2 is 1.81 bits per heavy atom. The third kappa shape index (κ3) is 6.10. The fourth-order valence-electron chi connectivity index (χ4n) is 2.74. The van der Waals surface area contributed by atoms with E-state index in [0.29, 0.717) is 13.0 Å². The third-order valence-electron chi connectivity index (χ3n) is 4.35. The van der Waals surface area contributed by atoms with Gasteiger partial charge in [0, 0.05) is 6.54 Å². The van der Waals surface area contributed by atoms with Crippen LogP contribution in [0.3, 0.4) is 0 Å². The van der Waals surface area contributed by atoms with Crippen LogP contribution in [0.1, 0.15) is 37.8 Å². The number of carbonyl (C=O) groups is 1. The standard InChI is InChI=1S/C22H29NO3/c1-4-17-11-13-19(14-12-17)26-21(5-2)22(24)23-15-7-9-18-8-6-10-20(16-18)25-3/h6,8,10-14,16,21H,4-5,7,9,15H2,1-3H3,(H,23,24)/t21-/m1/s1. The second kappa shape index (κ2) is 10.5. The van der Waals surface area contributed by atoms with Gasteiger partial charge in [-0.2, -0.15) is 0 Å². The number of nitrogens with one attached hydrogen (secondary N) is 1. The van der Waals surface area contributed by atoms with E-state index in [1.165, 1.54) is 11.1 Å². The molecule has 0 bridgehead atoms. The van der Waals surface area contributed by atoms with Gasteiger partial charge in [0.1, 0.15) is 11.5 Å². The van der Waals surface area contributed by atoms with Gasteiger partial charge >= 0.3 is 0 Å². The first-order valence-corrected chi connectivity index (χ1v) is 9.32. The minimum atomic E-state index is -0.459. The summed E-state index contributed by atoms with van der Waals surface area (Å²) in [4.78, 5) is 12.4. The summed E-state index contributed by atoms with van der Waals surface area (Å²) >= 11 is 0. The van der Waals surface area contributed by atoms with Crippen molar-refractivity contribution in [2.24, 2.45) is 0 Å². The molecule has 0 heterocycles. The number of rotatable bonds is 10. The van der Waals surface area contributed by atoms with Crippen LogP contribution in [-0.4, -0.2) is 25.7 Å². The zero-order valence-corrected chi connectivity index (χ0v) is 16.0. The molecule has 2 rings (SSSR count). The van der Waals surface area contributed by atoms with E-state index in [1.807, 2.05) is 49.4 Å². The number of amides is 1. The predicted octanol–water partition coefficient (Wildman–Crippen LogP) is 4.16. The molecule has 0 aromatic heterocycles. The molecule has 26 heavy (non-hydrogen) atoms. The van der Waals surface area contributed by atoms with Crippen LogP contribution in [0.5, 0.6) is 11.5 Å². The monoisotopic (exact) mass is 355 g/mol. The highest BCUT2D eigenvalue weighted by atomic mass is 16.5. The van der Waals surface area contributed by atoms with Gasteiger partial charge in [0.2, 0.25) is 0 Å². The first-order chi connectivity index (χ1) is 12.7. The molecule has 0 aliphatic rings. The molecule has 0 spiro atoms. The Kier molecular flexibility index (Phi) is 8.00. The van der Waals surface area contributed by atoms with Crippen molar-refractivity contribution >= 4 is 5.91 Å². The Balaban J connectivity index is 1.77. The van der Waals surface area contributed by atoms with Crippen LogP contribution in [0, 0.1) is 0 Å². The van der Waals surface area contributed by atoms with E-state index in [2.05, 4.69) is 18.3 Å². The Labute approximate surface area is 156 Å². The van der Waals surface area contributed by atoms with Crippen LogP contribution in [-0.2, 0) is 17.6 Å². The van der Waals surface area contributed by atoms with Gasteiger partial charge in [0.15, 0.2) is 6.10 Å². The predicted molar refractivity (Wildman–Crippen MR) is 105 cm³/mol. The third-order valence-corrected chi connectivity index (χ3v) is 4.35. The lowest BCUT2D eigenvalue weighted by molar-refractivity contribution is -0.128. The average Bonchev–Trinajstić information content (AvgIpc) is 2.69. The second-order valence-corrected chi connectivity index (χ2v) is 6.26. The molecule has 2 aromatic carbocycles. The minimum Gasteiger partial charge on any atom is -0.497 e. The van der Waals surface area contributed by atoms with Crippen LogP contribution in [0.2, 0.25) is 0 Å². The fraction of sp³-hybridized carbons (Fsp3) is 0.409. The number of hydrogen-bond acceptors (Lipinski definition) is 3. The summed E-state index contributed by atoms with van der Waals surface area (Å²) in [6.45, 7) is 4.70. The van der Waals surface area contributed by atoms with E-state index in [0.717, 1.165) is 30.8 Å². The summed E-state index contributed by atoms with van der Waals surface area (Å²) in [6, 6.07) is 15.9. The molecule has 1 atom stereocenters. The van der Waals surface area contributed by atoms with Gasteiger partial charge in [-0.1, -0.05) is 38.1 Å². The molecule has 0 radical (unpaired) electrons. The van der Waals surface area contributed by atoms with Gasteiger partial charge < -0.3 is 14.8 Å². The van der Waals surface area contributed by atoms with Crippen molar-refractivity contribution < 1.29 is 14.3 Å². The summed E-state index contributed by atoms with van der Waals surface area (Å²) in [6.07, 6.45) is 2.94. The van der Waals surface area contributed by atoms with Gasteiger partial charge in [-0.15, -0.1) is 0 Å². The van der Waals surface area contributed by atoms with Crippen molar-refractivity contribution in [3.05, 3.63) is 59.7 Å². The maximum atomic E-state index is 12.4. The van der Waals surface area contributed by atoms with Crippen molar-refractivity contribution in [2.45, 2.75) is 45.6 Å². The van der Waals surface area contributed by atoms with E-state index in [4.69, 9.17) is 9.47 Å². The van der Waals surface area contributed by atoms with E-state index in [1.54, 1.807) is 7.11 Å². The topological polar surface area (TPSA) is 47.6 Å². The molecule has 0 aliphatic carbocycles. The molecular formula is C22H29NO3. The number of methoxy groups -OCH3 is 1. The number of benzene rings is 2. The molecule has 0 saturated heterocycles. The van der Waals surface area contributed by atoms with Crippen molar-refractivity contribution in [1.82, 2.24) is 5.32 Å². The average molecular weight is 355 g/mol. The fourth-order valence-corrected chi connectivity index (χ4v) is 2.74. The van der Waals surface area contributed by atoms with Gasteiger partial charge in [0.25, 0.3) is 5.91 Å². The van der Waals surface area contributed by atoms with E-state index >= 15 is 0 Å². The molecular weight excluding hydrogens is 326 g/mol. The van der Waals surface area contributed by atoms with Crippen molar-refractivity contribution in [1.29, 1.82) is 0 Å². The SMILES string of the molecule is CCc1ccc(O[C@H](CC)C(=O)NCCCc2cccc(OC)c2)cc1. The number of ether oxygens (including phenoxy) is 2. The summed E-state index contributed by atoms with van der Waals surface area (Å²) in [5, 5.41) is 2.98. The van der Waals surface area contributed by atoms with Crippen molar-refractivity contribution in [3.8, 4) is 11.5 Å². The molecule has 0 saturated carbocycles. The molecule has 4 heteroatoms. The number of hydrogen-bond donors (Lipinski definition) is 1. The normalized spacial score (nSPS) is 11.7. The molecule has 140 valence electrons. The summed E-state index contributed by atoms with van der Waals surface area (Å²) < 4.78 is 11.1. The van der Waals surface area contributed by atoms with Gasteiger partial charge in [-0.05, 0) is 61.1 Å². The molecule has 2 aromatic rings. The van der Waals surface area contributed by atoms with E-state index in [-0.39, 0.29) is 5.91 Å². The van der Waals surface area contributed by atoms with Crippen LogP contribution >= 0.6 is 0 Å². The lowest BCUT2D eigenvalue weighted by atomic mass is 10.1. The Morgan fingerprint density at radius 1 is 1.04 bits per heavy atom. The largest absolute Gasteiger partial charge is 0.497 e. The van der Waals surface area contributed by atoms with Crippen LogP contribution in [0.4, 0.5) is 0 Å². The highest BCUT2D eigenvalue weighted by Gasteiger charge is 2.17. The van der Waals surface area contributed by atoms with Crippen molar-refractivity contribution in [3.63, 3.8) is 0 Å². The molecule has 1 amide bonds. The number of aryl methyl sites for hydroxylation is 2. The van der Waals surface area contributed by atoms with Crippen molar-refractivity contribution in [2.75, 3.05) is 13.7 Å². The summed E-state index contributed by atoms with van der Waals surface area (Å²) in [7, 11) is 1.67. The first kappa shape index (κ1) is 19.8. The van der Waals surface area contributed by atoms with Crippen LogP contribution in [0.25, 0.3) is 0 Å². The smallest absolute Gasteiger partial charge is 0.261 e. The Bertz CT molecular complexity index is 682. The molecule has 1 N–H and O–H groups in total. The maximum absolute atomic E-state index is 12.4. The van der Waals surface area contributed by atoms with E-state index < -0.39 is 6.10 Å². The maximum Gasteiger partial charge on any atom is 0.261 e. The first-order valence-electron chi connectivity index (χ1n) is 9.32. The van der Waals surface area contributed by atoms with Crippen LogP contribution < -0.4 is 14.8 Å². The highest BCUT2D eigenvalue weighted by Crippen LogP contribution is 2.16. The second-order valence-electron chi connectivity index (χ2n) is 6.26. The zero-order valence-electron chi connectivity index (χ0n) is 16.0. The van der Waals surface area contributed by atoms with Gasteiger partial charge in [0.05, 0.1) is 7.11 Å². The molecule has 0 unspecified atom stereocenters. The molecule has 0 fully saturated rings. The number of carbonyl (C=O) groups excluding carboxylic acids is 1. The minimum absolute atomic E-state index is 0.0577. The van der Waals surface area contributed by atoms with Crippen LogP contribution in [0.15, 0.2) is 48.5 Å². The highest BCUT2D eigenvalue weighted by molar-refractivity contribution is 5.81. The Hall–Kier alpha value is -2.49.